The van der Waals surface area contributed by atoms with E-state index in [9.17, 15) is 22.8 Å². The summed E-state index contributed by atoms with van der Waals surface area (Å²) in [5, 5.41) is 2.70. The second kappa shape index (κ2) is 7.22. The molecular formula is C16H17F3N4O3. The van der Waals surface area contributed by atoms with Gasteiger partial charge in [0.25, 0.3) is 0 Å². The number of piperidine rings is 1. The molecule has 1 aromatic heterocycles. The molecule has 26 heavy (non-hydrogen) atoms. The van der Waals surface area contributed by atoms with Gasteiger partial charge in [-0.15, -0.1) is 0 Å². The molecule has 2 aromatic rings. The number of fused-ring (bicyclic) bond motifs is 1. The third-order valence-electron chi connectivity index (χ3n) is 4.11. The number of carbonyl (C=O) groups is 2. The maximum atomic E-state index is 12.3. The zero-order valence-electron chi connectivity index (χ0n) is 13.7. The number of rotatable bonds is 3. The Morgan fingerprint density at radius 2 is 1.96 bits per heavy atom. The van der Waals surface area contributed by atoms with E-state index >= 15 is 0 Å². The number of para-hydroxylation sites is 2. The quantitative estimate of drug-likeness (QED) is 0.870. The minimum absolute atomic E-state index is 0.162. The van der Waals surface area contributed by atoms with Gasteiger partial charge in [-0.25, -0.2) is 9.78 Å². The second-order valence-electron chi connectivity index (χ2n) is 6.02. The third-order valence-corrected chi connectivity index (χ3v) is 4.11. The Morgan fingerprint density at radius 3 is 2.62 bits per heavy atom. The normalized spacial score (nSPS) is 15.9. The summed E-state index contributed by atoms with van der Waals surface area (Å²) in [4.78, 5) is 32.3. The first-order chi connectivity index (χ1) is 12.3. The summed E-state index contributed by atoms with van der Waals surface area (Å²) in [5.41, 5.74) is 1.52. The van der Waals surface area contributed by atoms with Crippen molar-refractivity contribution in [1.82, 2.24) is 14.9 Å². The van der Waals surface area contributed by atoms with Crippen molar-refractivity contribution in [3.8, 4) is 0 Å². The van der Waals surface area contributed by atoms with Crippen molar-refractivity contribution < 1.29 is 27.5 Å². The fraction of sp³-hybridized carbons (Fsp3) is 0.438. The number of benzene rings is 1. The summed E-state index contributed by atoms with van der Waals surface area (Å²) in [6.07, 6.45) is -4.89. The van der Waals surface area contributed by atoms with Gasteiger partial charge in [-0.05, 0) is 25.0 Å². The minimum atomic E-state index is -4.56. The highest BCUT2D eigenvalue weighted by Gasteiger charge is 2.33. The van der Waals surface area contributed by atoms with Crippen LogP contribution in [0.2, 0.25) is 0 Å². The van der Waals surface area contributed by atoms with Crippen molar-refractivity contribution in [2.24, 2.45) is 5.92 Å². The molecule has 140 valence electrons. The van der Waals surface area contributed by atoms with Crippen LogP contribution < -0.4 is 5.32 Å². The van der Waals surface area contributed by atoms with Crippen LogP contribution >= 0.6 is 0 Å². The number of alkyl halides is 3. The molecular weight excluding hydrogens is 353 g/mol. The van der Waals surface area contributed by atoms with Crippen molar-refractivity contribution in [2.75, 3.05) is 25.0 Å². The lowest BCUT2D eigenvalue weighted by Crippen LogP contribution is -2.42. The van der Waals surface area contributed by atoms with Gasteiger partial charge in [0.05, 0.1) is 11.0 Å². The number of likely N-dealkylation sites (tertiary alicyclic amines) is 1. The molecule has 3 rings (SSSR count). The summed E-state index contributed by atoms with van der Waals surface area (Å²) in [6, 6.07) is 7.33. The van der Waals surface area contributed by atoms with Crippen molar-refractivity contribution >= 4 is 29.0 Å². The van der Waals surface area contributed by atoms with Gasteiger partial charge in [0.2, 0.25) is 11.9 Å². The predicted molar refractivity (Wildman–Crippen MR) is 86.4 cm³/mol. The number of nitrogens with zero attached hydrogens (tertiary/aromatic N) is 2. The first-order valence-electron chi connectivity index (χ1n) is 8.06. The van der Waals surface area contributed by atoms with Crippen LogP contribution in [0.1, 0.15) is 12.8 Å². The number of anilines is 1. The van der Waals surface area contributed by atoms with Crippen LogP contribution in [0.15, 0.2) is 24.3 Å². The highest BCUT2D eigenvalue weighted by Crippen LogP contribution is 2.21. The number of aromatic amines is 1. The predicted octanol–water partition coefficient (Wildman–Crippen LogP) is 2.91. The second-order valence-corrected chi connectivity index (χ2v) is 6.02. The average molecular weight is 370 g/mol. The molecule has 1 aliphatic rings. The van der Waals surface area contributed by atoms with Gasteiger partial charge in [0.15, 0.2) is 6.61 Å². The Morgan fingerprint density at radius 1 is 1.27 bits per heavy atom. The van der Waals surface area contributed by atoms with E-state index in [2.05, 4.69) is 20.0 Å². The number of amides is 2. The zero-order valence-corrected chi connectivity index (χ0v) is 13.7. The van der Waals surface area contributed by atoms with E-state index in [4.69, 9.17) is 0 Å². The number of imidazole rings is 1. The molecule has 0 bridgehead atoms. The van der Waals surface area contributed by atoms with Crippen molar-refractivity contribution in [2.45, 2.75) is 19.0 Å². The molecule has 0 atom stereocenters. The molecule has 1 fully saturated rings. The maximum absolute atomic E-state index is 12.3. The van der Waals surface area contributed by atoms with Crippen molar-refractivity contribution in [1.29, 1.82) is 0 Å². The summed E-state index contributed by atoms with van der Waals surface area (Å²) >= 11 is 0. The van der Waals surface area contributed by atoms with Crippen molar-refractivity contribution in [3.05, 3.63) is 24.3 Å². The maximum Gasteiger partial charge on any atom is 0.422 e. The summed E-state index contributed by atoms with van der Waals surface area (Å²) in [7, 11) is 0. The molecule has 1 aliphatic heterocycles. The average Bonchev–Trinajstić information content (AvgIpc) is 3.01. The van der Waals surface area contributed by atoms with Gasteiger partial charge in [-0.1, -0.05) is 12.1 Å². The molecule has 2 N–H and O–H groups in total. The number of nitrogens with one attached hydrogen (secondary N) is 2. The van der Waals surface area contributed by atoms with Crippen LogP contribution in [-0.4, -0.2) is 52.7 Å². The topological polar surface area (TPSA) is 87.3 Å². The molecule has 1 saturated heterocycles. The molecule has 2 amide bonds. The van der Waals surface area contributed by atoms with Gasteiger partial charge < -0.3 is 14.6 Å². The molecule has 7 nitrogen and oxygen atoms in total. The molecule has 0 radical (unpaired) electrons. The number of ether oxygens (including phenoxy) is 1. The Hall–Kier alpha value is -2.78. The van der Waals surface area contributed by atoms with Crippen LogP contribution in [0.4, 0.5) is 23.9 Å². The highest BCUT2D eigenvalue weighted by atomic mass is 19.4. The van der Waals surface area contributed by atoms with E-state index in [1.165, 1.54) is 4.90 Å². The fourth-order valence-corrected chi connectivity index (χ4v) is 2.79. The van der Waals surface area contributed by atoms with E-state index in [0.717, 1.165) is 11.0 Å². The van der Waals surface area contributed by atoms with Crippen LogP contribution in [0.3, 0.4) is 0 Å². The molecule has 1 aromatic carbocycles. The van der Waals surface area contributed by atoms with Gasteiger partial charge in [0.1, 0.15) is 0 Å². The summed E-state index contributed by atoms with van der Waals surface area (Å²) < 4.78 is 40.4. The molecule has 0 unspecified atom stereocenters. The first-order valence-corrected chi connectivity index (χ1v) is 8.06. The zero-order chi connectivity index (χ0) is 18.7. The minimum Gasteiger partial charge on any atom is -0.440 e. The first kappa shape index (κ1) is 18.0. The SMILES string of the molecule is O=C(Nc1nc2ccccc2[nH]1)C1CCN(C(=O)OCC(F)(F)F)CC1. The van der Waals surface area contributed by atoms with Gasteiger partial charge in [-0.3, -0.25) is 10.1 Å². The lowest BCUT2D eigenvalue weighted by molar-refractivity contribution is -0.162. The van der Waals surface area contributed by atoms with E-state index in [1.54, 1.807) is 0 Å². The Kier molecular flexibility index (Phi) is 5.01. The number of hydrogen-bond donors (Lipinski definition) is 2. The molecule has 2 heterocycles. The Labute approximate surface area is 146 Å². The summed E-state index contributed by atoms with van der Waals surface area (Å²) in [6.45, 7) is -1.29. The molecule has 0 aliphatic carbocycles. The number of hydrogen-bond acceptors (Lipinski definition) is 4. The largest absolute Gasteiger partial charge is 0.440 e. The smallest absolute Gasteiger partial charge is 0.422 e. The number of H-pyrrole nitrogens is 1. The highest BCUT2D eigenvalue weighted by molar-refractivity contribution is 5.92. The number of halogens is 3. The monoisotopic (exact) mass is 370 g/mol. The van der Waals surface area contributed by atoms with Crippen LogP contribution in [0.25, 0.3) is 11.0 Å². The molecule has 10 heteroatoms. The van der Waals surface area contributed by atoms with Crippen LogP contribution in [-0.2, 0) is 9.53 Å². The molecule has 0 saturated carbocycles. The Bertz CT molecular complexity index is 764. The van der Waals surface area contributed by atoms with E-state index in [1.807, 2.05) is 24.3 Å². The lowest BCUT2D eigenvalue weighted by atomic mass is 9.96. The number of aromatic nitrogens is 2. The fourth-order valence-electron chi connectivity index (χ4n) is 2.79. The van der Waals surface area contributed by atoms with Crippen LogP contribution in [0.5, 0.6) is 0 Å². The third kappa shape index (κ3) is 4.44. The van der Waals surface area contributed by atoms with E-state index in [-0.39, 0.29) is 24.9 Å². The van der Waals surface area contributed by atoms with E-state index in [0.29, 0.717) is 18.8 Å². The Balaban J connectivity index is 1.49. The van der Waals surface area contributed by atoms with Gasteiger partial charge >= 0.3 is 12.3 Å². The van der Waals surface area contributed by atoms with Crippen molar-refractivity contribution in [3.63, 3.8) is 0 Å². The standard InChI is InChI=1S/C16H17F3N4O3/c17-16(18,19)9-26-15(25)23-7-5-10(6-8-23)13(24)22-14-20-11-3-1-2-4-12(11)21-14/h1-4,10H,5-9H2,(H2,20,21,22,24). The van der Waals surface area contributed by atoms with Crippen LogP contribution in [0, 0.1) is 5.92 Å². The van der Waals surface area contributed by atoms with Gasteiger partial charge in [0, 0.05) is 19.0 Å². The van der Waals surface area contributed by atoms with E-state index < -0.39 is 18.9 Å². The molecule has 0 spiro atoms. The lowest BCUT2D eigenvalue weighted by Gasteiger charge is -2.30. The van der Waals surface area contributed by atoms with Gasteiger partial charge in [-0.2, -0.15) is 13.2 Å². The number of carbonyl (C=O) groups excluding carboxylic acids is 2. The summed E-state index contributed by atoms with van der Waals surface area (Å²) in [5.74, 6) is -0.259.